The van der Waals surface area contributed by atoms with Gasteiger partial charge in [0.15, 0.2) is 17.5 Å². The van der Waals surface area contributed by atoms with E-state index in [1.807, 2.05) is 17.8 Å². The van der Waals surface area contributed by atoms with Gasteiger partial charge in [-0.1, -0.05) is 0 Å². The number of aliphatic hydroxyl groups excluding tert-OH is 1. The van der Waals surface area contributed by atoms with Gasteiger partial charge in [0.25, 0.3) is 0 Å². The SMILES string of the molecule is OC(c1cc2c(s1)CCSC2)c1ccc(F)c(F)c1F. The number of aryl methyl sites for hydroxylation is 1. The number of halogens is 3. The molecule has 3 rings (SSSR count). The van der Waals surface area contributed by atoms with Crippen LogP contribution in [0.15, 0.2) is 18.2 Å². The van der Waals surface area contributed by atoms with Crippen molar-refractivity contribution in [1.29, 1.82) is 0 Å². The first-order chi connectivity index (χ1) is 9.58. The van der Waals surface area contributed by atoms with E-state index in [4.69, 9.17) is 0 Å². The summed E-state index contributed by atoms with van der Waals surface area (Å²) in [7, 11) is 0. The Hall–Kier alpha value is -0.980. The maximum absolute atomic E-state index is 13.7. The monoisotopic (exact) mass is 316 g/mol. The molecule has 0 saturated heterocycles. The van der Waals surface area contributed by atoms with Crippen molar-refractivity contribution in [2.24, 2.45) is 0 Å². The number of thiophene rings is 1. The Morgan fingerprint density at radius 2 is 1.95 bits per heavy atom. The Labute approximate surface area is 122 Å². The van der Waals surface area contributed by atoms with Crippen molar-refractivity contribution in [3.05, 3.63) is 56.5 Å². The predicted octanol–water partition coefficient (Wildman–Crippen LogP) is 4.04. The zero-order chi connectivity index (χ0) is 14.3. The fourth-order valence-corrected chi connectivity index (χ4v) is 4.59. The molecule has 1 atom stereocenters. The number of rotatable bonds is 2. The highest BCUT2D eigenvalue weighted by Crippen LogP contribution is 2.37. The van der Waals surface area contributed by atoms with Crippen molar-refractivity contribution in [2.45, 2.75) is 18.3 Å². The summed E-state index contributed by atoms with van der Waals surface area (Å²) in [4.78, 5) is 1.75. The van der Waals surface area contributed by atoms with E-state index in [9.17, 15) is 18.3 Å². The second-order valence-corrected chi connectivity index (χ2v) is 6.84. The van der Waals surface area contributed by atoms with E-state index < -0.39 is 23.6 Å². The lowest BCUT2D eigenvalue weighted by Gasteiger charge is -2.10. The summed E-state index contributed by atoms with van der Waals surface area (Å²) in [6.07, 6.45) is -0.330. The van der Waals surface area contributed by atoms with Crippen LogP contribution in [0.3, 0.4) is 0 Å². The summed E-state index contributed by atoms with van der Waals surface area (Å²) in [6, 6.07) is 3.75. The second kappa shape index (κ2) is 5.42. The van der Waals surface area contributed by atoms with Crippen molar-refractivity contribution >= 4 is 23.1 Å². The molecule has 2 heterocycles. The molecule has 6 heteroatoms. The molecule has 0 amide bonds. The molecule has 1 aromatic carbocycles. The molecule has 1 N–H and O–H groups in total. The van der Waals surface area contributed by atoms with Gasteiger partial charge in [-0.2, -0.15) is 11.8 Å². The standard InChI is InChI=1S/C14H11F3OS2/c15-9-2-1-8(12(16)13(9)17)14(18)11-5-7-6-19-4-3-10(7)20-11/h1-2,5,14,18H,3-4,6H2. The molecule has 0 spiro atoms. The number of fused-ring (bicyclic) bond motifs is 1. The van der Waals surface area contributed by atoms with E-state index in [2.05, 4.69) is 0 Å². The molecular weight excluding hydrogens is 305 g/mol. The predicted molar refractivity (Wildman–Crippen MR) is 74.6 cm³/mol. The van der Waals surface area contributed by atoms with Gasteiger partial charge in [0.2, 0.25) is 0 Å². The second-order valence-electron chi connectivity index (χ2n) is 4.57. The van der Waals surface area contributed by atoms with Crippen molar-refractivity contribution in [3.63, 3.8) is 0 Å². The lowest BCUT2D eigenvalue weighted by atomic mass is 10.1. The van der Waals surface area contributed by atoms with Crippen LogP contribution >= 0.6 is 23.1 Å². The quantitative estimate of drug-likeness (QED) is 0.844. The zero-order valence-corrected chi connectivity index (χ0v) is 12.0. The van der Waals surface area contributed by atoms with Gasteiger partial charge in [0.05, 0.1) is 0 Å². The van der Waals surface area contributed by atoms with Crippen molar-refractivity contribution < 1.29 is 18.3 Å². The Bertz CT molecular complexity index is 631. The summed E-state index contributed by atoms with van der Waals surface area (Å²) < 4.78 is 39.9. The van der Waals surface area contributed by atoms with Crippen LogP contribution in [0.2, 0.25) is 0 Å². The third kappa shape index (κ3) is 2.36. The molecule has 20 heavy (non-hydrogen) atoms. The smallest absolute Gasteiger partial charge is 0.194 e. The van der Waals surface area contributed by atoms with E-state index in [0.717, 1.165) is 35.6 Å². The Kier molecular flexibility index (Phi) is 3.79. The lowest BCUT2D eigenvalue weighted by Crippen LogP contribution is -2.04. The third-order valence-corrected chi connectivity index (χ3v) is 5.57. The molecule has 1 aliphatic heterocycles. The summed E-state index contributed by atoms with van der Waals surface area (Å²) in [6.45, 7) is 0. The molecule has 0 radical (unpaired) electrons. The molecule has 0 saturated carbocycles. The van der Waals surface area contributed by atoms with Crippen molar-refractivity contribution in [1.82, 2.24) is 0 Å². The van der Waals surface area contributed by atoms with Gasteiger partial charge in [0, 0.05) is 21.1 Å². The molecule has 0 bridgehead atoms. The topological polar surface area (TPSA) is 20.2 Å². The summed E-state index contributed by atoms with van der Waals surface area (Å²) in [5, 5.41) is 10.2. The number of aliphatic hydroxyl groups is 1. The Morgan fingerprint density at radius 3 is 2.70 bits per heavy atom. The van der Waals surface area contributed by atoms with Gasteiger partial charge in [-0.05, 0) is 35.9 Å². The van der Waals surface area contributed by atoms with Crippen LogP contribution in [-0.2, 0) is 12.2 Å². The normalized spacial score (nSPS) is 16.0. The average Bonchev–Trinajstić information content (AvgIpc) is 2.88. The van der Waals surface area contributed by atoms with E-state index >= 15 is 0 Å². The molecule has 0 aliphatic carbocycles. The Morgan fingerprint density at radius 1 is 1.15 bits per heavy atom. The third-order valence-electron chi connectivity index (χ3n) is 3.28. The number of benzene rings is 1. The Balaban J connectivity index is 1.98. The van der Waals surface area contributed by atoms with Gasteiger partial charge in [-0.15, -0.1) is 11.3 Å². The van der Waals surface area contributed by atoms with Crippen LogP contribution in [0.25, 0.3) is 0 Å². The molecule has 106 valence electrons. The molecule has 2 aromatic rings. The number of thioether (sulfide) groups is 1. The molecular formula is C14H11F3OS2. The van der Waals surface area contributed by atoms with E-state index in [0.29, 0.717) is 4.88 Å². The zero-order valence-electron chi connectivity index (χ0n) is 10.3. The fraction of sp³-hybridized carbons (Fsp3) is 0.286. The summed E-state index contributed by atoms with van der Waals surface area (Å²) in [5.74, 6) is -2.21. The first kappa shape index (κ1) is 14.0. The molecule has 0 fully saturated rings. The van der Waals surface area contributed by atoms with Gasteiger partial charge >= 0.3 is 0 Å². The van der Waals surface area contributed by atoms with E-state index in [1.165, 1.54) is 16.2 Å². The first-order valence-electron chi connectivity index (χ1n) is 6.08. The first-order valence-corrected chi connectivity index (χ1v) is 8.05. The highest BCUT2D eigenvalue weighted by Gasteiger charge is 2.23. The van der Waals surface area contributed by atoms with Gasteiger partial charge in [0.1, 0.15) is 6.10 Å². The molecule has 1 unspecified atom stereocenters. The minimum atomic E-state index is -1.54. The van der Waals surface area contributed by atoms with Crippen LogP contribution in [0.5, 0.6) is 0 Å². The van der Waals surface area contributed by atoms with Gasteiger partial charge in [-0.25, -0.2) is 13.2 Å². The van der Waals surface area contributed by atoms with Crippen LogP contribution in [0.4, 0.5) is 13.2 Å². The summed E-state index contributed by atoms with van der Waals surface area (Å²) >= 11 is 3.22. The largest absolute Gasteiger partial charge is 0.383 e. The number of hydrogen-bond acceptors (Lipinski definition) is 3. The highest BCUT2D eigenvalue weighted by atomic mass is 32.2. The van der Waals surface area contributed by atoms with Gasteiger partial charge in [-0.3, -0.25) is 0 Å². The van der Waals surface area contributed by atoms with Crippen molar-refractivity contribution in [3.8, 4) is 0 Å². The fourth-order valence-electron chi connectivity index (χ4n) is 2.21. The maximum Gasteiger partial charge on any atom is 0.194 e. The lowest BCUT2D eigenvalue weighted by molar-refractivity contribution is 0.216. The molecule has 1 aromatic heterocycles. The summed E-state index contributed by atoms with van der Waals surface area (Å²) in [5.41, 5.74) is 0.915. The van der Waals surface area contributed by atoms with Crippen LogP contribution in [0, 0.1) is 17.5 Å². The molecule has 1 aliphatic rings. The number of hydrogen-bond donors (Lipinski definition) is 1. The van der Waals surface area contributed by atoms with Gasteiger partial charge < -0.3 is 5.11 Å². The van der Waals surface area contributed by atoms with E-state index in [1.54, 1.807) is 0 Å². The van der Waals surface area contributed by atoms with Crippen LogP contribution < -0.4 is 0 Å². The van der Waals surface area contributed by atoms with E-state index in [-0.39, 0.29) is 5.56 Å². The minimum absolute atomic E-state index is 0.227. The molecule has 1 nitrogen and oxygen atoms in total. The van der Waals surface area contributed by atoms with Crippen molar-refractivity contribution in [2.75, 3.05) is 5.75 Å². The maximum atomic E-state index is 13.7. The minimum Gasteiger partial charge on any atom is -0.383 e. The average molecular weight is 316 g/mol. The highest BCUT2D eigenvalue weighted by molar-refractivity contribution is 7.98. The van der Waals surface area contributed by atoms with Crippen LogP contribution in [-0.4, -0.2) is 10.9 Å². The van der Waals surface area contributed by atoms with Crippen LogP contribution in [0.1, 0.15) is 27.0 Å².